The number of rotatable bonds is 16. The predicted molar refractivity (Wildman–Crippen MR) is 152 cm³/mol. The van der Waals surface area contributed by atoms with Crippen molar-refractivity contribution in [2.45, 2.75) is 51.0 Å². The SMILES string of the molecule is C=CCOCC(O)CN1CCN(CC(O)Cn2c(=O)n(CC(C)O)c(=O)n(CC(O)CN3CCNCC3)c2=O)CC1. The highest BCUT2D eigenvalue weighted by Crippen LogP contribution is 2.05. The first kappa shape index (κ1) is 33.3. The normalized spacial score (nSPS) is 20.5. The van der Waals surface area contributed by atoms with E-state index in [0.717, 1.165) is 39.9 Å². The zero-order chi connectivity index (χ0) is 29.9. The molecule has 3 heterocycles. The number of aromatic nitrogens is 3. The van der Waals surface area contributed by atoms with E-state index in [9.17, 15) is 34.8 Å². The zero-order valence-corrected chi connectivity index (χ0v) is 24.0. The molecule has 4 atom stereocenters. The topological polar surface area (TPSA) is 178 Å². The number of β-amino-alcohol motifs (C(OH)–C–C–N with tert-alkyl or cyclic N) is 3. The second-order valence-electron chi connectivity index (χ2n) is 11.0. The van der Waals surface area contributed by atoms with Crippen LogP contribution >= 0.6 is 0 Å². The minimum absolute atomic E-state index is 0.200. The van der Waals surface area contributed by atoms with Gasteiger partial charge in [0, 0.05) is 72.0 Å². The molecule has 3 rings (SSSR count). The van der Waals surface area contributed by atoms with Gasteiger partial charge in [-0.3, -0.25) is 14.7 Å². The van der Waals surface area contributed by atoms with Crippen molar-refractivity contribution < 1.29 is 25.2 Å². The zero-order valence-electron chi connectivity index (χ0n) is 24.0. The number of nitrogens with one attached hydrogen (secondary N) is 1. The van der Waals surface area contributed by atoms with Crippen LogP contribution in [0.4, 0.5) is 0 Å². The summed E-state index contributed by atoms with van der Waals surface area (Å²) in [6.45, 7) is 11.1. The lowest BCUT2D eigenvalue weighted by Crippen LogP contribution is -2.58. The molecular weight excluding hydrogens is 538 g/mol. The van der Waals surface area contributed by atoms with Crippen molar-refractivity contribution in [1.82, 2.24) is 33.7 Å². The summed E-state index contributed by atoms with van der Waals surface area (Å²) in [5, 5.41) is 44.8. The van der Waals surface area contributed by atoms with Gasteiger partial charge in [0.25, 0.3) is 0 Å². The Hall–Kier alpha value is -2.21. The molecule has 15 nitrogen and oxygen atoms in total. The van der Waals surface area contributed by atoms with Crippen LogP contribution in [0.5, 0.6) is 0 Å². The van der Waals surface area contributed by atoms with Crippen LogP contribution in [-0.2, 0) is 24.4 Å². The molecule has 41 heavy (non-hydrogen) atoms. The molecule has 5 N–H and O–H groups in total. The van der Waals surface area contributed by atoms with Gasteiger partial charge in [0.1, 0.15) is 0 Å². The highest BCUT2D eigenvalue weighted by Gasteiger charge is 2.25. The van der Waals surface area contributed by atoms with Crippen molar-refractivity contribution in [3.05, 3.63) is 44.1 Å². The summed E-state index contributed by atoms with van der Waals surface area (Å²) in [4.78, 5) is 45.6. The van der Waals surface area contributed by atoms with E-state index in [1.807, 2.05) is 9.80 Å². The van der Waals surface area contributed by atoms with Crippen molar-refractivity contribution in [3.63, 3.8) is 0 Å². The summed E-state index contributed by atoms with van der Waals surface area (Å²) in [5.74, 6) is 0. The summed E-state index contributed by atoms with van der Waals surface area (Å²) in [6.07, 6.45) is -2.13. The number of nitrogens with zero attached hydrogens (tertiary/aromatic N) is 6. The predicted octanol–water partition coefficient (Wildman–Crippen LogP) is -4.64. The monoisotopic (exact) mass is 585 g/mol. The minimum atomic E-state index is -1.08. The Morgan fingerprint density at radius 3 is 1.56 bits per heavy atom. The lowest BCUT2D eigenvalue weighted by atomic mass is 10.2. The molecule has 2 saturated heterocycles. The van der Waals surface area contributed by atoms with Gasteiger partial charge in [-0.1, -0.05) is 6.08 Å². The van der Waals surface area contributed by atoms with Crippen LogP contribution in [0.3, 0.4) is 0 Å². The van der Waals surface area contributed by atoms with E-state index < -0.39 is 41.5 Å². The van der Waals surface area contributed by atoms with Crippen molar-refractivity contribution in [1.29, 1.82) is 0 Å². The summed E-state index contributed by atoms with van der Waals surface area (Å²) >= 11 is 0. The molecule has 15 heteroatoms. The Morgan fingerprint density at radius 2 is 1.12 bits per heavy atom. The molecule has 0 aromatic carbocycles. The Labute approximate surface area is 239 Å². The molecule has 2 fully saturated rings. The molecule has 0 bridgehead atoms. The fourth-order valence-electron chi connectivity index (χ4n) is 5.23. The van der Waals surface area contributed by atoms with Crippen LogP contribution in [0.1, 0.15) is 6.92 Å². The van der Waals surface area contributed by atoms with Gasteiger partial charge in [-0.2, -0.15) is 0 Å². The average molecular weight is 586 g/mol. The Balaban J connectivity index is 1.65. The van der Waals surface area contributed by atoms with Gasteiger partial charge in [0.15, 0.2) is 0 Å². The van der Waals surface area contributed by atoms with E-state index >= 15 is 0 Å². The number of piperazine rings is 2. The fourth-order valence-corrected chi connectivity index (χ4v) is 5.23. The van der Waals surface area contributed by atoms with Gasteiger partial charge in [-0.05, 0) is 6.92 Å². The van der Waals surface area contributed by atoms with Crippen molar-refractivity contribution in [2.24, 2.45) is 0 Å². The van der Waals surface area contributed by atoms with Gasteiger partial charge in [0.2, 0.25) is 0 Å². The third-order valence-corrected chi connectivity index (χ3v) is 7.25. The molecule has 4 unspecified atom stereocenters. The third-order valence-electron chi connectivity index (χ3n) is 7.25. The van der Waals surface area contributed by atoms with Gasteiger partial charge in [0.05, 0.1) is 57.3 Å². The standard InChI is InChI=1S/C26H47N7O8/c1-3-12-41-19-23(37)16-30-10-8-29(9-11-30)15-22(36)18-33-25(39)31(13-20(2)34)24(38)32(26(33)40)17-21(35)14-28-6-4-27-5-7-28/h3,20-23,27,34-37H,1,4-19H2,2H3. The van der Waals surface area contributed by atoms with Crippen LogP contribution in [0.25, 0.3) is 0 Å². The van der Waals surface area contributed by atoms with Crippen molar-refractivity contribution >= 4 is 0 Å². The number of aliphatic hydroxyl groups excluding tert-OH is 4. The van der Waals surface area contributed by atoms with E-state index in [4.69, 9.17) is 4.74 Å². The molecule has 0 amide bonds. The largest absolute Gasteiger partial charge is 0.392 e. The van der Waals surface area contributed by atoms with E-state index in [1.54, 1.807) is 6.08 Å². The molecular formula is C26H47N7O8. The maximum absolute atomic E-state index is 13.3. The lowest BCUT2D eigenvalue weighted by molar-refractivity contribution is 0.00842. The van der Waals surface area contributed by atoms with Crippen LogP contribution < -0.4 is 22.4 Å². The molecule has 0 spiro atoms. The first-order valence-corrected chi connectivity index (χ1v) is 14.3. The summed E-state index contributed by atoms with van der Waals surface area (Å²) in [5.41, 5.74) is -2.72. The van der Waals surface area contributed by atoms with Crippen LogP contribution in [0, 0.1) is 0 Å². The third kappa shape index (κ3) is 10.2. The molecule has 0 aliphatic carbocycles. The molecule has 2 aliphatic heterocycles. The quantitative estimate of drug-likeness (QED) is 0.0927. The van der Waals surface area contributed by atoms with E-state index in [2.05, 4.69) is 16.8 Å². The van der Waals surface area contributed by atoms with E-state index in [1.165, 1.54) is 6.92 Å². The minimum Gasteiger partial charge on any atom is -0.392 e. The van der Waals surface area contributed by atoms with Gasteiger partial charge >= 0.3 is 17.1 Å². The van der Waals surface area contributed by atoms with Crippen LogP contribution in [0.2, 0.25) is 0 Å². The molecule has 234 valence electrons. The van der Waals surface area contributed by atoms with Crippen LogP contribution in [0.15, 0.2) is 27.0 Å². The Bertz CT molecular complexity index is 1120. The number of ether oxygens (including phenoxy) is 1. The number of aliphatic hydroxyl groups is 4. The van der Waals surface area contributed by atoms with Crippen molar-refractivity contribution in [2.75, 3.05) is 85.2 Å². The van der Waals surface area contributed by atoms with Crippen molar-refractivity contribution in [3.8, 4) is 0 Å². The Kier molecular flexibility index (Phi) is 13.3. The summed E-state index contributed by atoms with van der Waals surface area (Å²) in [6, 6.07) is 0. The first-order valence-electron chi connectivity index (χ1n) is 14.3. The fraction of sp³-hybridized carbons (Fsp3) is 0.808. The molecule has 2 aliphatic rings. The first-order chi connectivity index (χ1) is 19.6. The second-order valence-corrected chi connectivity index (χ2v) is 11.0. The Morgan fingerprint density at radius 1 is 0.707 bits per heavy atom. The maximum atomic E-state index is 13.3. The maximum Gasteiger partial charge on any atom is 0.336 e. The molecule has 1 aromatic rings. The number of hydrogen-bond donors (Lipinski definition) is 5. The smallest absolute Gasteiger partial charge is 0.336 e. The summed E-state index contributed by atoms with van der Waals surface area (Å²) in [7, 11) is 0. The average Bonchev–Trinajstić information content (AvgIpc) is 2.93. The highest BCUT2D eigenvalue weighted by atomic mass is 16.5. The van der Waals surface area contributed by atoms with E-state index in [-0.39, 0.29) is 39.3 Å². The molecule has 0 radical (unpaired) electrons. The highest BCUT2D eigenvalue weighted by molar-refractivity contribution is 4.84. The van der Waals surface area contributed by atoms with Gasteiger partial charge in [-0.25, -0.2) is 28.1 Å². The molecule has 1 aromatic heterocycles. The second kappa shape index (κ2) is 16.4. The van der Waals surface area contributed by atoms with E-state index in [0.29, 0.717) is 39.3 Å². The van der Waals surface area contributed by atoms with Gasteiger partial charge in [-0.15, -0.1) is 6.58 Å². The molecule has 0 saturated carbocycles. The summed E-state index contributed by atoms with van der Waals surface area (Å²) < 4.78 is 7.69. The number of hydrogen-bond acceptors (Lipinski definition) is 12. The van der Waals surface area contributed by atoms with Gasteiger partial charge < -0.3 is 30.5 Å². The lowest BCUT2D eigenvalue weighted by Gasteiger charge is -2.36. The van der Waals surface area contributed by atoms with Crippen LogP contribution in [-0.4, -0.2) is 158 Å².